The Balaban J connectivity index is 2.33. The third-order valence-corrected chi connectivity index (χ3v) is 2.29. The van der Waals surface area contributed by atoms with E-state index in [-0.39, 0.29) is 5.54 Å². The molecule has 0 aliphatic carbocycles. The molecule has 2 aromatic rings. The van der Waals surface area contributed by atoms with Crippen LogP contribution in [0.1, 0.15) is 13.8 Å². The minimum atomic E-state index is -0.252. The van der Waals surface area contributed by atoms with E-state index in [2.05, 4.69) is 14.6 Å². The summed E-state index contributed by atoms with van der Waals surface area (Å²) in [4.78, 5) is 4.16. The molecule has 2 aromatic heterocycles. The zero-order chi connectivity index (χ0) is 11.8. The van der Waals surface area contributed by atoms with E-state index >= 15 is 0 Å². The molecule has 0 amide bonds. The quantitative estimate of drug-likeness (QED) is 0.838. The molecule has 0 aliphatic heterocycles. The van der Waals surface area contributed by atoms with Gasteiger partial charge in [-0.2, -0.15) is 5.10 Å². The summed E-state index contributed by atoms with van der Waals surface area (Å²) in [5.41, 5.74) is 7.86. The van der Waals surface area contributed by atoms with Crippen LogP contribution in [0.15, 0.2) is 24.9 Å². The van der Waals surface area contributed by atoms with Gasteiger partial charge < -0.3 is 10.3 Å². The number of aromatic nitrogens is 4. The largest absolute Gasteiger partial charge is 0.329 e. The van der Waals surface area contributed by atoms with Gasteiger partial charge in [-0.25, -0.2) is 4.98 Å². The molecule has 5 heteroatoms. The first kappa shape index (κ1) is 10.9. The summed E-state index contributed by atoms with van der Waals surface area (Å²) >= 11 is 0. The van der Waals surface area contributed by atoms with Crippen molar-refractivity contribution in [1.82, 2.24) is 19.3 Å². The predicted molar refractivity (Wildman–Crippen MR) is 62.7 cm³/mol. The summed E-state index contributed by atoms with van der Waals surface area (Å²) in [6.45, 7) is 4.73. The second-order valence-electron chi connectivity index (χ2n) is 4.80. The Morgan fingerprint density at radius 2 is 2.12 bits per heavy atom. The van der Waals surface area contributed by atoms with E-state index in [0.29, 0.717) is 0 Å². The lowest BCUT2D eigenvalue weighted by Gasteiger charge is -2.20. The summed E-state index contributed by atoms with van der Waals surface area (Å²) in [6.07, 6.45) is 7.44. The maximum atomic E-state index is 6.01. The molecule has 2 N–H and O–H groups in total. The lowest BCUT2D eigenvalue weighted by atomic mass is 10.1. The lowest BCUT2D eigenvalue weighted by molar-refractivity contribution is 0.436. The van der Waals surface area contributed by atoms with Crippen LogP contribution in [0, 0.1) is 0 Å². The van der Waals surface area contributed by atoms with Gasteiger partial charge in [0.25, 0.3) is 0 Å². The third-order valence-electron chi connectivity index (χ3n) is 2.29. The Bertz CT molecular complexity index is 475. The summed E-state index contributed by atoms with van der Waals surface area (Å²) < 4.78 is 3.83. The van der Waals surface area contributed by atoms with Gasteiger partial charge in [-0.15, -0.1) is 0 Å². The lowest BCUT2D eigenvalue weighted by Crippen LogP contribution is -2.37. The van der Waals surface area contributed by atoms with Crippen molar-refractivity contribution >= 4 is 0 Å². The third kappa shape index (κ3) is 2.30. The average molecular weight is 219 g/mol. The Hall–Kier alpha value is -1.62. The van der Waals surface area contributed by atoms with Crippen molar-refractivity contribution in [1.29, 1.82) is 0 Å². The summed E-state index contributed by atoms with van der Waals surface area (Å²) in [6, 6.07) is 0. The van der Waals surface area contributed by atoms with Gasteiger partial charge in [0.1, 0.15) is 0 Å². The van der Waals surface area contributed by atoms with E-state index in [9.17, 15) is 0 Å². The second kappa shape index (κ2) is 3.75. The molecule has 16 heavy (non-hydrogen) atoms. The highest BCUT2D eigenvalue weighted by atomic mass is 15.2. The van der Waals surface area contributed by atoms with Gasteiger partial charge in [-0.3, -0.25) is 4.68 Å². The first-order valence-corrected chi connectivity index (χ1v) is 5.24. The van der Waals surface area contributed by atoms with Gasteiger partial charge in [-0.1, -0.05) is 0 Å². The van der Waals surface area contributed by atoms with E-state index in [0.717, 1.165) is 17.8 Å². The highest BCUT2D eigenvalue weighted by Gasteiger charge is 2.15. The SMILES string of the molecule is Cn1cc(-c2cncn2CC(C)(C)N)cn1. The molecule has 0 spiro atoms. The van der Waals surface area contributed by atoms with Gasteiger partial charge in [0.05, 0.1) is 24.4 Å². The van der Waals surface area contributed by atoms with Crippen molar-refractivity contribution in [2.45, 2.75) is 25.9 Å². The standard InChI is InChI=1S/C11H17N5/c1-11(2,12)7-16-8-13-5-10(16)9-4-14-15(3)6-9/h4-6,8H,7,12H2,1-3H3. The van der Waals surface area contributed by atoms with Crippen molar-refractivity contribution in [3.8, 4) is 11.3 Å². The first-order valence-electron chi connectivity index (χ1n) is 5.24. The van der Waals surface area contributed by atoms with Crippen LogP contribution < -0.4 is 5.73 Å². The molecule has 0 saturated carbocycles. The van der Waals surface area contributed by atoms with Crippen molar-refractivity contribution < 1.29 is 0 Å². The molecular weight excluding hydrogens is 202 g/mol. The number of rotatable bonds is 3. The molecule has 0 bridgehead atoms. The first-order chi connectivity index (χ1) is 7.46. The predicted octanol–water partition coefficient (Wildman–Crippen LogP) is 1.02. The fourth-order valence-corrected chi connectivity index (χ4v) is 1.68. The van der Waals surface area contributed by atoms with E-state index in [4.69, 9.17) is 5.73 Å². The summed E-state index contributed by atoms with van der Waals surface area (Å²) in [5, 5.41) is 4.15. The number of nitrogens with zero attached hydrogens (tertiary/aromatic N) is 4. The van der Waals surface area contributed by atoms with Crippen LogP contribution in [0.2, 0.25) is 0 Å². The van der Waals surface area contributed by atoms with Gasteiger partial charge in [0, 0.05) is 30.9 Å². The molecule has 5 nitrogen and oxygen atoms in total. The Kier molecular flexibility index (Phi) is 2.55. The molecule has 0 unspecified atom stereocenters. The Morgan fingerprint density at radius 1 is 1.38 bits per heavy atom. The van der Waals surface area contributed by atoms with Gasteiger partial charge >= 0.3 is 0 Å². The van der Waals surface area contributed by atoms with Crippen LogP contribution in [0.3, 0.4) is 0 Å². The normalized spacial score (nSPS) is 12.0. The van der Waals surface area contributed by atoms with Crippen LogP contribution in [0.5, 0.6) is 0 Å². The zero-order valence-corrected chi connectivity index (χ0v) is 9.88. The second-order valence-corrected chi connectivity index (χ2v) is 4.80. The average Bonchev–Trinajstić information content (AvgIpc) is 2.71. The van der Waals surface area contributed by atoms with Crippen LogP contribution in [-0.2, 0) is 13.6 Å². The Labute approximate surface area is 94.9 Å². The highest BCUT2D eigenvalue weighted by molar-refractivity contribution is 5.56. The molecule has 0 aliphatic rings. The molecule has 86 valence electrons. The van der Waals surface area contributed by atoms with Crippen molar-refractivity contribution in [3.05, 3.63) is 24.9 Å². The van der Waals surface area contributed by atoms with E-state index < -0.39 is 0 Å². The van der Waals surface area contributed by atoms with Gasteiger partial charge in [0.15, 0.2) is 0 Å². The van der Waals surface area contributed by atoms with E-state index in [1.807, 2.05) is 39.5 Å². The van der Waals surface area contributed by atoms with Crippen LogP contribution in [0.25, 0.3) is 11.3 Å². The number of hydrogen-bond acceptors (Lipinski definition) is 3. The molecule has 0 atom stereocenters. The van der Waals surface area contributed by atoms with E-state index in [1.54, 1.807) is 11.0 Å². The van der Waals surface area contributed by atoms with Crippen LogP contribution in [0.4, 0.5) is 0 Å². The molecule has 0 radical (unpaired) electrons. The van der Waals surface area contributed by atoms with E-state index in [1.165, 1.54) is 0 Å². The maximum absolute atomic E-state index is 6.01. The fourth-order valence-electron chi connectivity index (χ4n) is 1.68. The van der Waals surface area contributed by atoms with Crippen molar-refractivity contribution in [2.24, 2.45) is 12.8 Å². The number of nitrogens with two attached hydrogens (primary N) is 1. The van der Waals surface area contributed by atoms with Gasteiger partial charge in [-0.05, 0) is 13.8 Å². The minimum absolute atomic E-state index is 0.252. The molecule has 2 heterocycles. The summed E-state index contributed by atoms with van der Waals surface area (Å²) in [5.74, 6) is 0. The van der Waals surface area contributed by atoms with Crippen molar-refractivity contribution in [2.75, 3.05) is 0 Å². The number of hydrogen-bond donors (Lipinski definition) is 1. The molecular formula is C11H17N5. The maximum Gasteiger partial charge on any atom is 0.0951 e. The van der Waals surface area contributed by atoms with Crippen LogP contribution in [-0.4, -0.2) is 24.9 Å². The highest BCUT2D eigenvalue weighted by Crippen LogP contribution is 2.19. The van der Waals surface area contributed by atoms with Crippen LogP contribution >= 0.6 is 0 Å². The number of imidazole rings is 1. The summed E-state index contributed by atoms with van der Waals surface area (Å²) in [7, 11) is 1.90. The molecule has 0 saturated heterocycles. The van der Waals surface area contributed by atoms with Crippen molar-refractivity contribution in [3.63, 3.8) is 0 Å². The minimum Gasteiger partial charge on any atom is -0.329 e. The number of aryl methyl sites for hydroxylation is 1. The smallest absolute Gasteiger partial charge is 0.0951 e. The van der Waals surface area contributed by atoms with Gasteiger partial charge in [0.2, 0.25) is 0 Å². The molecule has 0 aromatic carbocycles. The fraction of sp³-hybridized carbons (Fsp3) is 0.455. The zero-order valence-electron chi connectivity index (χ0n) is 9.88. The monoisotopic (exact) mass is 219 g/mol. The Morgan fingerprint density at radius 3 is 2.69 bits per heavy atom. The molecule has 2 rings (SSSR count). The molecule has 0 fully saturated rings. The topological polar surface area (TPSA) is 61.7 Å².